The van der Waals surface area contributed by atoms with E-state index in [1.165, 1.54) is 34.1 Å². The molecule has 0 saturated heterocycles. The number of para-hydroxylation sites is 1. The van der Waals surface area contributed by atoms with Gasteiger partial charge >= 0.3 is 5.97 Å². The highest BCUT2D eigenvalue weighted by Crippen LogP contribution is 2.57. The first-order chi connectivity index (χ1) is 10.2. The standard InChI is InChI=1S/C18H21NO2/c1-2-11-4-3-5-13-14-7-6-12-8-9-18(12,10-15(20)21)17(14)19-16(11)13/h3-5,12,19H,2,6-10H2,1H3,(H,20,21)/t12-,18-/m0/s1. The van der Waals surface area contributed by atoms with Gasteiger partial charge in [-0.3, -0.25) is 4.79 Å². The van der Waals surface area contributed by atoms with E-state index in [4.69, 9.17) is 0 Å². The molecule has 110 valence electrons. The number of aryl methyl sites for hydroxylation is 2. The Morgan fingerprint density at radius 1 is 1.43 bits per heavy atom. The van der Waals surface area contributed by atoms with E-state index in [2.05, 4.69) is 30.1 Å². The Kier molecular flexibility index (Phi) is 2.69. The number of nitrogens with one attached hydrogen (secondary N) is 1. The van der Waals surface area contributed by atoms with E-state index in [9.17, 15) is 9.90 Å². The van der Waals surface area contributed by atoms with Gasteiger partial charge in [0.25, 0.3) is 0 Å². The molecule has 0 spiro atoms. The van der Waals surface area contributed by atoms with Crippen molar-refractivity contribution >= 4 is 16.9 Å². The van der Waals surface area contributed by atoms with Crippen LogP contribution in [0.2, 0.25) is 0 Å². The number of fused-ring (bicyclic) bond motifs is 5. The number of H-pyrrole nitrogens is 1. The van der Waals surface area contributed by atoms with Gasteiger partial charge in [-0.2, -0.15) is 0 Å². The molecule has 0 aliphatic heterocycles. The summed E-state index contributed by atoms with van der Waals surface area (Å²) in [6.07, 6.45) is 5.72. The first kappa shape index (κ1) is 12.9. The number of rotatable bonds is 3. The van der Waals surface area contributed by atoms with Crippen molar-refractivity contribution in [2.24, 2.45) is 5.92 Å². The van der Waals surface area contributed by atoms with Crippen molar-refractivity contribution in [3.63, 3.8) is 0 Å². The second kappa shape index (κ2) is 4.36. The van der Waals surface area contributed by atoms with Gasteiger partial charge in [-0.15, -0.1) is 0 Å². The number of hydrogen-bond donors (Lipinski definition) is 2. The fourth-order valence-corrected chi connectivity index (χ4v) is 4.67. The van der Waals surface area contributed by atoms with E-state index in [1.54, 1.807) is 0 Å². The lowest BCUT2D eigenvalue weighted by Gasteiger charge is -2.52. The quantitative estimate of drug-likeness (QED) is 0.900. The molecule has 0 radical (unpaired) electrons. The van der Waals surface area contributed by atoms with Gasteiger partial charge in [-0.05, 0) is 49.1 Å². The highest BCUT2D eigenvalue weighted by atomic mass is 16.4. The Hall–Kier alpha value is -1.77. The molecule has 2 aliphatic rings. The molecule has 21 heavy (non-hydrogen) atoms. The summed E-state index contributed by atoms with van der Waals surface area (Å²) < 4.78 is 0. The Morgan fingerprint density at radius 2 is 2.29 bits per heavy atom. The van der Waals surface area contributed by atoms with Gasteiger partial charge in [0, 0.05) is 22.0 Å². The van der Waals surface area contributed by atoms with Gasteiger partial charge in [0.05, 0.1) is 6.42 Å². The van der Waals surface area contributed by atoms with Crippen LogP contribution in [0.25, 0.3) is 10.9 Å². The molecule has 2 aliphatic carbocycles. The average Bonchev–Trinajstić information content (AvgIpc) is 2.82. The molecular formula is C18H21NO2. The van der Waals surface area contributed by atoms with Crippen molar-refractivity contribution in [2.75, 3.05) is 0 Å². The molecule has 1 fully saturated rings. The number of carbonyl (C=O) groups is 1. The minimum atomic E-state index is -0.665. The lowest BCUT2D eigenvalue weighted by atomic mass is 9.52. The third-order valence-electron chi connectivity index (χ3n) is 5.84. The maximum Gasteiger partial charge on any atom is 0.304 e. The summed E-state index contributed by atoms with van der Waals surface area (Å²) in [5, 5.41) is 10.7. The second-order valence-corrected chi connectivity index (χ2v) is 6.67. The Morgan fingerprint density at radius 3 is 2.95 bits per heavy atom. The lowest BCUT2D eigenvalue weighted by Crippen LogP contribution is -2.49. The molecule has 1 aromatic heterocycles. The van der Waals surface area contributed by atoms with Crippen molar-refractivity contribution in [1.29, 1.82) is 0 Å². The van der Waals surface area contributed by atoms with Crippen LogP contribution in [0, 0.1) is 5.92 Å². The van der Waals surface area contributed by atoms with Crippen molar-refractivity contribution in [3.05, 3.63) is 35.0 Å². The lowest BCUT2D eigenvalue weighted by molar-refractivity contribution is -0.141. The van der Waals surface area contributed by atoms with Crippen molar-refractivity contribution < 1.29 is 9.90 Å². The number of aliphatic carboxylic acids is 1. The fraction of sp³-hybridized carbons (Fsp3) is 0.500. The predicted molar refractivity (Wildman–Crippen MR) is 82.7 cm³/mol. The van der Waals surface area contributed by atoms with Gasteiger partial charge in [-0.25, -0.2) is 0 Å². The first-order valence-electron chi connectivity index (χ1n) is 8.00. The van der Waals surface area contributed by atoms with Crippen LogP contribution in [0.3, 0.4) is 0 Å². The molecule has 2 atom stereocenters. The first-order valence-corrected chi connectivity index (χ1v) is 8.00. The monoisotopic (exact) mass is 283 g/mol. The molecule has 1 aromatic carbocycles. The van der Waals surface area contributed by atoms with Crippen molar-refractivity contribution in [3.8, 4) is 0 Å². The zero-order valence-electron chi connectivity index (χ0n) is 12.4. The molecule has 3 nitrogen and oxygen atoms in total. The molecule has 1 saturated carbocycles. The number of carboxylic acids is 1. The molecule has 0 unspecified atom stereocenters. The summed E-state index contributed by atoms with van der Waals surface area (Å²) >= 11 is 0. The van der Waals surface area contributed by atoms with E-state index in [0.29, 0.717) is 5.92 Å². The second-order valence-electron chi connectivity index (χ2n) is 6.67. The van der Waals surface area contributed by atoms with E-state index in [0.717, 1.165) is 25.7 Å². The smallest absolute Gasteiger partial charge is 0.304 e. The average molecular weight is 283 g/mol. The van der Waals surface area contributed by atoms with Crippen LogP contribution in [0.4, 0.5) is 0 Å². The summed E-state index contributed by atoms with van der Waals surface area (Å²) in [6, 6.07) is 6.50. The third-order valence-corrected chi connectivity index (χ3v) is 5.84. The number of aromatic amines is 1. The SMILES string of the molecule is CCc1cccc2c3c([nH]c12)[C@]1(CC(=O)O)CC[C@@H]1CC3. The molecule has 0 bridgehead atoms. The summed E-state index contributed by atoms with van der Waals surface area (Å²) in [4.78, 5) is 15.0. The minimum Gasteiger partial charge on any atom is -0.481 e. The van der Waals surface area contributed by atoms with Gasteiger partial charge in [0.15, 0.2) is 0 Å². The van der Waals surface area contributed by atoms with Crippen LogP contribution < -0.4 is 0 Å². The van der Waals surface area contributed by atoms with Crippen LogP contribution in [0.5, 0.6) is 0 Å². The summed E-state index contributed by atoms with van der Waals surface area (Å²) in [6.45, 7) is 2.17. The Labute approximate surface area is 124 Å². The molecule has 3 heteroatoms. The highest BCUT2D eigenvalue weighted by Gasteiger charge is 2.53. The molecule has 4 rings (SSSR count). The normalized spacial score (nSPS) is 27.0. The van der Waals surface area contributed by atoms with Gasteiger partial charge in [-0.1, -0.05) is 25.1 Å². The minimum absolute atomic E-state index is 0.122. The zero-order valence-corrected chi connectivity index (χ0v) is 12.4. The molecule has 1 heterocycles. The molecule has 2 N–H and O–H groups in total. The van der Waals surface area contributed by atoms with E-state index >= 15 is 0 Å². The van der Waals surface area contributed by atoms with Crippen molar-refractivity contribution in [2.45, 2.75) is 50.9 Å². The highest BCUT2D eigenvalue weighted by molar-refractivity contribution is 5.88. The summed E-state index contributed by atoms with van der Waals surface area (Å²) in [5.74, 6) is -0.110. The van der Waals surface area contributed by atoms with Crippen LogP contribution >= 0.6 is 0 Å². The number of carboxylic acid groups (broad SMARTS) is 1. The topological polar surface area (TPSA) is 53.1 Å². The van der Waals surface area contributed by atoms with Gasteiger partial charge < -0.3 is 10.1 Å². The van der Waals surface area contributed by atoms with E-state index in [1.807, 2.05) is 0 Å². The zero-order chi connectivity index (χ0) is 14.6. The third kappa shape index (κ3) is 1.63. The Bertz CT molecular complexity index is 730. The summed E-state index contributed by atoms with van der Waals surface area (Å²) in [7, 11) is 0. The molecule has 0 amide bonds. The fourth-order valence-electron chi connectivity index (χ4n) is 4.67. The van der Waals surface area contributed by atoms with Crippen LogP contribution in [0.1, 0.15) is 49.4 Å². The van der Waals surface area contributed by atoms with Crippen molar-refractivity contribution in [1.82, 2.24) is 4.98 Å². The molecular weight excluding hydrogens is 262 g/mol. The van der Waals surface area contributed by atoms with E-state index < -0.39 is 5.97 Å². The van der Waals surface area contributed by atoms with Crippen LogP contribution in [-0.4, -0.2) is 16.1 Å². The maximum absolute atomic E-state index is 11.4. The summed E-state index contributed by atoms with van der Waals surface area (Å²) in [5.41, 5.74) is 5.08. The van der Waals surface area contributed by atoms with Crippen LogP contribution in [-0.2, 0) is 23.1 Å². The van der Waals surface area contributed by atoms with Gasteiger partial charge in [0.2, 0.25) is 0 Å². The van der Waals surface area contributed by atoms with Gasteiger partial charge in [0.1, 0.15) is 0 Å². The van der Waals surface area contributed by atoms with Crippen LogP contribution in [0.15, 0.2) is 18.2 Å². The number of aromatic nitrogens is 1. The maximum atomic E-state index is 11.4. The number of benzene rings is 1. The predicted octanol–water partition coefficient (Wildman–Crippen LogP) is 3.80. The largest absolute Gasteiger partial charge is 0.481 e. The number of hydrogen-bond acceptors (Lipinski definition) is 1. The molecule has 2 aromatic rings. The van der Waals surface area contributed by atoms with E-state index in [-0.39, 0.29) is 11.8 Å². The Balaban J connectivity index is 1.94.